The summed E-state index contributed by atoms with van der Waals surface area (Å²) in [5.41, 5.74) is 2.16. The lowest BCUT2D eigenvalue weighted by molar-refractivity contribution is 0.0697. The molecule has 0 aliphatic heterocycles. The molecule has 5 heteroatoms. The van der Waals surface area contributed by atoms with E-state index in [1.807, 2.05) is 6.07 Å². The van der Waals surface area contributed by atoms with Gasteiger partial charge in [0.05, 0.1) is 16.6 Å². The van der Waals surface area contributed by atoms with Crippen LogP contribution in [-0.2, 0) is 6.42 Å². The van der Waals surface area contributed by atoms with Crippen molar-refractivity contribution in [1.82, 2.24) is 9.55 Å². The second kappa shape index (κ2) is 6.64. The summed E-state index contributed by atoms with van der Waals surface area (Å²) >= 11 is 1.74. The number of carboxylic acid groups (broad SMARTS) is 1. The first-order chi connectivity index (χ1) is 12.1. The van der Waals surface area contributed by atoms with Gasteiger partial charge in [-0.3, -0.25) is 0 Å². The van der Waals surface area contributed by atoms with Gasteiger partial charge in [0.1, 0.15) is 5.82 Å². The van der Waals surface area contributed by atoms with E-state index in [-0.39, 0.29) is 0 Å². The molecule has 0 amide bonds. The Hall–Kier alpha value is -2.14. The predicted octanol–water partition coefficient (Wildman–Crippen LogP) is 5.14. The molecule has 0 radical (unpaired) electrons. The van der Waals surface area contributed by atoms with E-state index >= 15 is 0 Å². The number of thiophene rings is 1. The largest absolute Gasteiger partial charge is 0.478 e. The summed E-state index contributed by atoms with van der Waals surface area (Å²) in [5, 5.41) is 11.4. The maximum absolute atomic E-state index is 11.3. The van der Waals surface area contributed by atoms with Crippen LogP contribution in [0.5, 0.6) is 0 Å². The van der Waals surface area contributed by atoms with Gasteiger partial charge in [-0.1, -0.05) is 25.8 Å². The van der Waals surface area contributed by atoms with Crippen molar-refractivity contribution in [3.8, 4) is 0 Å². The Balaban J connectivity index is 1.85. The molecule has 4 nitrogen and oxygen atoms in total. The average Bonchev–Trinajstić information content (AvgIpc) is 3.22. The zero-order valence-electron chi connectivity index (χ0n) is 14.3. The van der Waals surface area contributed by atoms with Crippen LogP contribution < -0.4 is 0 Å². The van der Waals surface area contributed by atoms with E-state index in [0.29, 0.717) is 17.5 Å². The molecule has 0 saturated heterocycles. The second-order valence-electron chi connectivity index (χ2n) is 6.99. The minimum Gasteiger partial charge on any atom is -0.478 e. The number of rotatable bonds is 4. The molecule has 4 rings (SSSR count). The highest BCUT2D eigenvalue weighted by Gasteiger charge is 2.27. The Kier molecular flexibility index (Phi) is 4.34. The van der Waals surface area contributed by atoms with Crippen LogP contribution in [0.1, 0.15) is 59.7 Å². The van der Waals surface area contributed by atoms with E-state index in [9.17, 15) is 9.90 Å². The summed E-state index contributed by atoms with van der Waals surface area (Å²) in [6.07, 6.45) is 5.77. The molecular weight excluding hydrogens is 332 g/mol. The molecule has 2 unspecified atom stereocenters. The first-order valence-electron chi connectivity index (χ1n) is 8.90. The van der Waals surface area contributed by atoms with Crippen LogP contribution in [-0.4, -0.2) is 20.6 Å². The highest BCUT2D eigenvalue weighted by molar-refractivity contribution is 7.09. The number of hydrogen-bond acceptors (Lipinski definition) is 3. The molecule has 1 N–H and O–H groups in total. The fourth-order valence-electron chi connectivity index (χ4n) is 4.03. The van der Waals surface area contributed by atoms with E-state index in [0.717, 1.165) is 23.3 Å². The van der Waals surface area contributed by atoms with Gasteiger partial charge < -0.3 is 9.67 Å². The Morgan fingerprint density at radius 1 is 1.32 bits per heavy atom. The van der Waals surface area contributed by atoms with Crippen LogP contribution in [0.3, 0.4) is 0 Å². The van der Waals surface area contributed by atoms with Crippen molar-refractivity contribution in [3.05, 3.63) is 52.0 Å². The Bertz CT molecular complexity index is 898. The normalized spacial score (nSPS) is 20.8. The SMILES string of the molecule is CC1CCCCC1n1c(Cc2cccs2)nc2cc(C(=O)O)ccc21. The molecule has 2 heterocycles. The zero-order valence-corrected chi connectivity index (χ0v) is 15.1. The van der Waals surface area contributed by atoms with Gasteiger partial charge in [-0.25, -0.2) is 9.78 Å². The molecule has 2 aromatic heterocycles. The zero-order chi connectivity index (χ0) is 17.4. The Labute approximate surface area is 151 Å². The van der Waals surface area contributed by atoms with E-state index in [1.54, 1.807) is 23.5 Å². The predicted molar refractivity (Wildman–Crippen MR) is 100 cm³/mol. The number of aromatic carboxylic acids is 1. The minimum absolute atomic E-state index is 0.302. The topological polar surface area (TPSA) is 55.1 Å². The maximum atomic E-state index is 11.3. The lowest BCUT2D eigenvalue weighted by Crippen LogP contribution is -2.22. The number of fused-ring (bicyclic) bond motifs is 1. The summed E-state index contributed by atoms with van der Waals surface area (Å²) in [7, 11) is 0. The van der Waals surface area contributed by atoms with Gasteiger partial charge >= 0.3 is 5.97 Å². The van der Waals surface area contributed by atoms with Crippen molar-refractivity contribution in [3.63, 3.8) is 0 Å². The highest BCUT2D eigenvalue weighted by Crippen LogP contribution is 2.37. The average molecular weight is 354 g/mol. The second-order valence-corrected chi connectivity index (χ2v) is 8.02. The van der Waals surface area contributed by atoms with Crippen LogP contribution in [0.4, 0.5) is 0 Å². The van der Waals surface area contributed by atoms with Gasteiger partial charge in [-0.15, -0.1) is 11.3 Å². The molecular formula is C20H22N2O2S. The summed E-state index contributed by atoms with van der Waals surface area (Å²) in [6.45, 7) is 2.33. The molecule has 0 spiro atoms. The fourth-order valence-corrected chi connectivity index (χ4v) is 4.73. The van der Waals surface area contributed by atoms with Gasteiger partial charge in [0.2, 0.25) is 0 Å². The molecule has 25 heavy (non-hydrogen) atoms. The Morgan fingerprint density at radius 3 is 2.88 bits per heavy atom. The lowest BCUT2D eigenvalue weighted by Gasteiger charge is -2.31. The van der Waals surface area contributed by atoms with E-state index in [2.05, 4.69) is 29.0 Å². The number of carboxylic acids is 1. The van der Waals surface area contributed by atoms with Crippen molar-refractivity contribution < 1.29 is 9.90 Å². The van der Waals surface area contributed by atoms with E-state index < -0.39 is 5.97 Å². The molecule has 1 aliphatic carbocycles. The van der Waals surface area contributed by atoms with Crippen molar-refractivity contribution in [2.24, 2.45) is 5.92 Å². The Morgan fingerprint density at radius 2 is 2.16 bits per heavy atom. The van der Waals surface area contributed by atoms with Gasteiger partial charge in [-0.05, 0) is 48.4 Å². The fraction of sp³-hybridized carbons (Fsp3) is 0.400. The number of carbonyl (C=O) groups is 1. The monoisotopic (exact) mass is 354 g/mol. The highest BCUT2D eigenvalue weighted by atomic mass is 32.1. The van der Waals surface area contributed by atoms with Crippen LogP contribution in [0.15, 0.2) is 35.7 Å². The smallest absolute Gasteiger partial charge is 0.335 e. The summed E-state index contributed by atoms with van der Waals surface area (Å²) in [4.78, 5) is 17.5. The molecule has 0 bridgehead atoms. The van der Waals surface area contributed by atoms with E-state index in [1.165, 1.54) is 30.6 Å². The maximum Gasteiger partial charge on any atom is 0.335 e. The van der Waals surface area contributed by atoms with Crippen molar-refractivity contribution in [2.45, 2.75) is 45.1 Å². The first-order valence-corrected chi connectivity index (χ1v) is 9.78. The standard InChI is InChI=1S/C20H22N2O2S/c1-13-5-2-3-7-17(13)22-18-9-8-14(20(23)24)11-16(18)21-19(22)12-15-6-4-10-25-15/h4,6,8-11,13,17H,2-3,5,7,12H2,1H3,(H,23,24). The van der Waals surface area contributed by atoms with Crippen molar-refractivity contribution in [1.29, 1.82) is 0 Å². The van der Waals surface area contributed by atoms with Crippen LogP contribution in [0.25, 0.3) is 11.0 Å². The third-order valence-electron chi connectivity index (χ3n) is 5.32. The number of benzene rings is 1. The lowest BCUT2D eigenvalue weighted by atomic mass is 9.85. The third kappa shape index (κ3) is 3.09. The van der Waals surface area contributed by atoms with Gasteiger partial charge in [-0.2, -0.15) is 0 Å². The van der Waals surface area contributed by atoms with Crippen LogP contribution in [0.2, 0.25) is 0 Å². The summed E-state index contributed by atoms with van der Waals surface area (Å²) in [5.74, 6) is 0.772. The molecule has 3 aromatic rings. The molecule has 1 aromatic carbocycles. The summed E-state index contributed by atoms with van der Waals surface area (Å²) in [6, 6.07) is 10.0. The van der Waals surface area contributed by atoms with Gasteiger partial charge in [0.15, 0.2) is 0 Å². The summed E-state index contributed by atoms with van der Waals surface area (Å²) < 4.78 is 2.39. The number of nitrogens with zero attached hydrogens (tertiary/aromatic N) is 2. The van der Waals surface area contributed by atoms with E-state index in [4.69, 9.17) is 4.98 Å². The molecule has 1 fully saturated rings. The first kappa shape index (κ1) is 16.3. The van der Waals surface area contributed by atoms with Crippen molar-refractivity contribution in [2.75, 3.05) is 0 Å². The number of hydrogen-bond donors (Lipinski definition) is 1. The molecule has 130 valence electrons. The molecule has 1 aliphatic rings. The molecule has 2 atom stereocenters. The van der Waals surface area contributed by atoms with Gasteiger partial charge in [0.25, 0.3) is 0 Å². The van der Waals surface area contributed by atoms with Crippen molar-refractivity contribution >= 4 is 28.3 Å². The number of aromatic nitrogens is 2. The van der Waals surface area contributed by atoms with Gasteiger partial charge in [0, 0.05) is 17.3 Å². The minimum atomic E-state index is -0.901. The van der Waals surface area contributed by atoms with Crippen LogP contribution in [0, 0.1) is 5.92 Å². The molecule has 1 saturated carbocycles. The third-order valence-corrected chi connectivity index (χ3v) is 6.20. The van der Waals surface area contributed by atoms with Crippen LogP contribution >= 0.6 is 11.3 Å². The number of imidazole rings is 1. The quantitative estimate of drug-likeness (QED) is 0.706.